The van der Waals surface area contributed by atoms with E-state index in [-0.39, 0.29) is 16.5 Å². The SMILES string of the molecule is CN(C)C(=O)Nc1ccc(S(=O)[O-])c(C#N)c1. The van der Waals surface area contributed by atoms with E-state index >= 15 is 0 Å². The van der Waals surface area contributed by atoms with Crippen molar-refractivity contribution in [1.29, 1.82) is 5.26 Å². The van der Waals surface area contributed by atoms with Crippen molar-refractivity contribution in [1.82, 2.24) is 4.90 Å². The van der Waals surface area contributed by atoms with E-state index in [0.29, 0.717) is 5.69 Å². The Morgan fingerprint density at radius 2 is 2.18 bits per heavy atom. The maximum atomic E-state index is 11.3. The zero-order valence-electron chi connectivity index (χ0n) is 9.26. The second-order valence-corrected chi connectivity index (χ2v) is 4.29. The standard InChI is InChI=1S/C10H11N3O3S/c1-13(2)10(14)12-8-3-4-9(17(15)16)7(5-8)6-11/h3-5H,1-2H3,(H,12,14)(H,15,16)/p-1. The molecule has 90 valence electrons. The van der Waals surface area contributed by atoms with Gasteiger partial charge in [0, 0.05) is 24.7 Å². The maximum absolute atomic E-state index is 11.3. The van der Waals surface area contributed by atoms with Gasteiger partial charge in [-0.15, -0.1) is 0 Å². The van der Waals surface area contributed by atoms with Gasteiger partial charge in [0.25, 0.3) is 0 Å². The molecule has 0 fully saturated rings. The molecule has 7 heteroatoms. The van der Waals surface area contributed by atoms with E-state index in [2.05, 4.69) is 5.32 Å². The fourth-order valence-corrected chi connectivity index (χ4v) is 1.54. The van der Waals surface area contributed by atoms with Gasteiger partial charge in [-0.3, -0.25) is 4.21 Å². The minimum atomic E-state index is -2.47. The molecule has 1 N–H and O–H groups in total. The summed E-state index contributed by atoms with van der Waals surface area (Å²) in [5.74, 6) is 0. The minimum absolute atomic E-state index is 0.00473. The Bertz CT molecular complexity index is 508. The molecule has 0 saturated heterocycles. The van der Waals surface area contributed by atoms with Gasteiger partial charge < -0.3 is 14.8 Å². The number of nitrogens with zero attached hydrogens (tertiary/aromatic N) is 2. The molecule has 0 aliphatic rings. The molecular weight excluding hydrogens is 242 g/mol. The first-order valence-electron chi connectivity index (χ1n) is 4.57. The van der Waals surface area contributed by atoms with Crippen molar-refractivity contribution in [3.8, 4) is 6.07 Å². The van der Waals surface area contributed by atoms with E-state index in [9.17, 15) is 13.6 Å². The van der Waals surface area contributed by atoms with Crippen LogP contribution in [0.25, 0.3) is 0 Å². The second-order valence-electron chi connectivity index (χ2n) is 3.38. The molecule has 0 saturated carbocycles. The third kappa shape index (κ3) is 3.27. The van der Waals surface area contributed by atoms with Gasteiger partial charge in [-0.2, -0.15) is 5.26 Å². The van der Waals surface area contributed by atoms with Crippen molar-refractivity contribution < 1.29 is 13.6 Å². The number of hydrogen-bond donors (Lipinski definition) is 1. The highest BCUT2D eigenvalue weighted by Crippen LogP contribution is 2.17. The summed E-state index contributed by atoms with van der Waals surface area (Å²) < 4.78 is 21.6. The number of carbonyl (C=O) groups is 1. The lowest BCUT2D eigenvalue weighted by Gasteiger charge is -2.13. The number of carbonyl (C=O) groups excluding carboxylic acids is 1. The van der Waals surface area contributed by atoms with Crippen LogP contribution in [0.1, 0.15) is 5.56 Å². The average Bonchev–Trinajstić information content (AvgIpc) is 2.28. The van der Waals surface area contributed by atoms with Crippen LogP contribution in [0, 0.1) is 11.3 Å². The Morgan fingerprint density at radius 3 is 2.65 bits per heavy atom. The number of nitriles is 1. The van der Waals surface area contributed by atoms with E-state index < -0.39 is 11.1 Å². The van der Waals surface area contributed by atoms with Crippen molar-refractivity contribution in [3.05, 3.63) is 23.8 Å². The molecule has 1 unspecified atom stereocenters. The molecule has 1 rings (SSSR count). The lowest BCUT2D eigenvalue weighted by Crippen LogP contribution is -2.27. The fraction of sp³-hybridized carbons (Fsp3) is 0.200. The molecule has 0 bridgehead atoms. The fourth-order valence-electron chi connectivity index (χ4n) is 1.08. The van der Waals surface area contributed by atoms with Crippen molar-refractivity contribution >= 4 is 22.8 Å². The number of anilines is 1. The topological polar surface area (TPSA) is 96.3 Å². The Labute approximate surface area is 101 Å². The zero-order chi connectivity index (χ0) is 13.0. The number of urea groups is 1. The summed E-state index contributed by atoms with van der Waals surface area (Å²) in [5, 5.41) is 11.3. The molecule has 17 heavy (non-hydrogen) atoms. The molecule has 0 aliphatic carbocycles. The highest BCUT2D eigenvalue weighted by molar-refractivity contribution is 7.79. The molecule has 0 spiro atoms. The van der Waals surface area contributed by atoms with E-state index in [1.807, 2.05) is 0 Å². The molecule has 0 aromatic heterocycles. The summed E-state index contributed by atoms with van der Waals surface area (Å²) in [4.78, 5) is 12.6. The Kier molecular flexibility index (Phi) is 4.20. The van der Waals surface area contributed by atoms with Crippen LogP contribution < -0.4 is 5.32 Å². The van der Waals surface area contributed by atoms with Crippen LogP contribution in [0.2, 0.25) is 0 Å². The van der Waals surface area contributed by atoms with Gasteiger partial charge in [-0.05, 0) is 29.3 Å². The van der Waals surface area contributed by atoms with Crippen molar-refractivity contribution in [2.75, 3.05) is 19.4 Å². The number of amides is 2. The molecule has 0 radical (unpaired) electrons. The second kappa shape index (κ2) is 5.43. The summed E-state index contributed by atoms with van der Waals surface area (Å²) >= 11 is -2.47. The zero-order valence-corrected chi connectivity index (χ0v) is 10.1. The van der Waals surface area contributed by atoms with Crippen LogP contribution in [0.3, 0.4) is 0 Å². The molecular formula is C10H10N3O3S-. The van der Waals surface area contributed by atoms with Crippen LogP contribution in [0.5, 0.6) is 0 Å². The van der Waals surface area contributed by atoms with Gasteiger partial charge in [0.05, 0.1) is 5.56 Å². The smallest absolute Gasteiger partial charge is 0.321 e. The van der Waals surface area contributed by atoms with E-state index in [1.54, 1.807) is 20.2 Å². The van der Waals surface area contributed by atoms with Gasteiger partial charge in [-0.25, -0.2) is 4.79 Å². The summed E-state index contributed by atoms with van der Waals surface area (Å²) in [6.45, 7) is 0. The normalized spacial score (nSPS) is 11.4. The van der Waals surface area contributed by atoms with Crippen molar-refractivity contribution in [2.24, 2.45) is 0 Å². The summed E-state index contributed by atoms with van der Waals surface area (Å²) in [6.07, 6.45) is 0. The third-order valence-corrected chi connectivity index (χ3v) is 2.65. The lowest BCUT2D eigenvalue weighted by atomic mass is 10.2. The third-order valence-electron chi connectivity index (χ3n) is 1.94. The summed E-state index contributed by atoms with van der Waals surface area (Å²) in [5.41, 5.74) is 0.365. The van der Waals surface area contributed by atoms with Gasteiger partial charge in [-0.1, -0.05) is 0 Å². The molecule has 6 nitrogen and oxygen atoms in total. The molecule has 0 aliphatic heterocycles. The van der Waals surface area contributed by atoms with Gasteiger partial charge >= 0.3 is 6.03 Å². The van der Waals surface area contributed by atoms with Crippen LogP contribution in [0.4, 0.5) is 10.5 Å². The molecule has 0 heterocycles. The monoisotopic (exact) mass is 252 g/mol. The summed E-state index contributed by atoms with van der Waals surface area (Å²) in [7, 11) is 3.14. The van der Waals surface area contributed by atoms with Crippen LogP contribution >= 0.6 is 0 Å². The van der Waals surface area contributed by atoms with E-state index in [0.717, 1.165) is 0 Å². The highest BCUT2D eigenvalue weighted by atomic mass is 32.2. The molecule has 2 amide bonds. The van der Waals surface area contributed by atoms with Crippen LogP contribution in [-0.4, -0.2) is 33.8 Å². The van der Waals surface area contributed by atoms with Gasteiger partial charge in [0.1, 0.15) is 6.07 Å². The molecule has 1 aromatic rings. The largest absolute Gasteiger partial charge is 0.768 e. The molecule has 1 atom stereocenters. The van der Waals surface area contributed by atoms with Crippen molar-refractivity contribution in [3.63, 3.8) is 0 Å². The first-order valence-corrected chi connectivity index (χ1v) is 5.65. The first-order chi connectivity index (χ1) is 7.95. The summed E-state index contributed by atoms with van der Waals surface area (Å²) in [6, 6.07) is 5.41. The first kappa shape index (κ1) is 13.2. The Hall–Kier alpha value is -1.91. The average molecular weight is 252 g/mol. The Balaban J connectivity index is 3.03. The predicted molar refractivity (Wildman–Crippen MR) is 61.0 cm³/mol. The number of benzene rings is 1. The van der Waals surface area contributed by atoms with Crippen LogP contribution in [-0.2, 0) is 11.1 Å². The van der Waals surface area contributed by atoms with Gasteiger partial charge in [0.2, 0.25) is 0 Å². The van der Waals surface area contributed by atoms with Crippen LogP contribution in [0.15, 0.2) is 23.1 Å². The minimum Gasteiger partial charge on any atom is -0.768 e. The lowest BCUT2D eigenvalue weighted by molar-refractivity contribution is 0.230. The quantitative estimate of drug-likeness (QED) is 0.790. The maximum Gasteiger partial charge on any atom is 0.321 e. The number of hydrogen-bond acceptors (Lipinski definition) is 4. The van der Waals surface area contributed by atoms with E-state index in [1.165, 1.54) is 23.1 Å². The Morgan fingerprint density at radius 1 is 1.53 bits per heavy atom. The van der Waals surface area contributed by atoms with Crippen molar-refractivity contribution in [2.45, 2.75) is 4.90 Å². The predicted octanol–water partition coefficient (Wildman–Crippen LogP) is 0.890. The number of nitrogens with one attached hydrogen (secondary N) is 1. The highest BCUT2D eigenvalue weighted by Gasteiger charge is 2.07. The number of rotatable bonds is 2. The molecule has 1 aromatic carbocycles. The van der Waals surface area contributed by atoms with Gasteiger partial charge in [0.15, 0.2) is 0 Å². The van der Waals surface area contributed by atoms with E-state index in [4.69, 9.17) is 5.26 Å².